The van der Waals surface area contributed by atoms with Crippen LogP contribution in [-0.4, -0.2) is 5.75 Å². The van der Waals surface area contributed by atoms with Crippen molar-refractivity contribution in [3.8, 4) is 0 Å². The summed E-state index contributed by atoms with van der Waals surface area (Å²) >= 11 is 7.85. The zero-order chi connectivity index (χ0) is 12.1. The molecule has 2 rings (SSSR count). The van der Waals surface area contributed by atoms with Crippen LogP contribution in [0.25, 0.3) is 0 Å². The summed E-state index contributed by atoms with van der Waals surface area (Å²) in [7, 11) is 0. The number of hydrogen-bond donors (Lipinski definition) is 1. The van der Waals surface area contributed by atoms with Crippen molar-refractivity contribution in [1.82, 2.24) is 0 Å². The smallest absolute Gasteiger partial charge is 0.0541 e. The summed E-state index contributed by atoms with van der Waals surface area (Å²) in [5, 5.41) is 0.818. The highest BCUT2D eigenvalue weighted by Crippen LogP contribution is 2.27. The van der Waals surface area contributed by atoms with E-state index in [4.69, 9.17) is 17.3 Å². The Hall–Kier alpha value is -1.12. The molecule has 0 atom stereocenters. The Morgan fingerprint density at radius 3 is 2.47 bits per heavy atom. The van der Waals surface area contributed by atoms with Crippen LogP contribution in [0.2, 0.25) is 5.02 Å². The van der Waals surface area contributed by atoms with Gasteiger partial charge in [-0.3, -0.25) is 0 Å². The Kier molecular flexibility index (Phi) is 4.35. The third-order valence-electron chi connectivity index (χ3n) is 2.52. The summed E-state index contributed by atoms with van der Waals surface area (Å²) in [5.41, 5.74) is 7.96. The van der Waals surface area contributed by atoms with Gasteiger partial charge in [0.2, 0.25) is 0 Å². The van der Waals surface area contributed by atoms with Crippen LogP contribution < -0.4 is 5.73 Å². The molecule has 3 heteroatoms. The average Bonchev–Trinajstić information content (AvgIpc) is 2.34. The van der Waals surface area contributed by atoms with E-state index in [2.05, 4.69) is 6.07 Å². The highest BCUT2D eigenvalue weighted by atomic mass is 35.5. The Morgan fingerprint density at radius 1 is 1.00 bits per heavy atom. The number of rotatable bonds is 4. The Balaban J connectivity index is 1.93. The number of nitrogen functional groups attached to an aromatic ring is 1. The molecule has 0 aliphatic carbocycles. The third kappa shape index (κ3) is 3.42. The maximum absolute atomic E-state index is 6.09. The van der Waals surface area contributed by atoms with Gasteiger partial charge in [0.15, 0.2) is 0 Å². The molecule has 0 aliphatic rings. The zero-order valence-electron chi connectivity index (χ0n) is 9.40. The van der Waals surface area contributed by atoms with Gasteiger partial charge in [0.25, 0.3) is 0 Å². The first-order chi connectivity index (χ1) is 8.27. The Morgan fingerprint density at radius 2 is 1.71 bits per heavy atom. The van der Waals surface area contributed by atoms with Crippen LogP contribution in [0.1, 0.15) is 5.56 Å². The lowest BCUT2D eigenvalue weighted by Crippen LogP contribution is -1.95. The standard InChI is InChI=1S/C14H14ClNS/c15-12-6-2-4-8-14(12)17-10-9-11-5-1-3-7-13(11)16/h1-8H,9-10,16H2. The molecule has 0 amide bonds. The first kappa shape index (κ1) is 12.3. The van der Waals surface area contributed by atoms with E-state index in [1.807, 2.05) is 42.5 Å². The van der Waals surface area contributed by atoms with E-state index in [0.717, 1.165) is 27.8 Å². The number of thioether (sulfide) groups is 1. The molecule has 2 N–H and O–H groups in total. The molecule has 0 saturated carbocycles. The monoisotopic (exact) mass is 263 g/mol. The van der Waals surface area contributed by atoms with Gasteiger partial charge in [-0.05, 0) is 30.2 Å². The minimum Gasteiger partial charge on any atom is -0.399 e. The first-order valence-electron chi connectivity index (χ1n) is 5.48. The van der Waals surface area contributed by atoms with Gasteiger partial charge in [0.1, 0.15) is 0 Å². The van der Waals surface area contributed by atoms with Crippen LogP contribution in [0, 0.1) is 0 Å². The van der Waals surface area contributed by atoms with Crippen LogP contribution in [0.5, 0.6) is 0 Å². The fourth-order valence-corrected chi connectivity index (χ4v) is 2.82. The lowest BCUT2D eigenvalue weighted by molar-refractivity contribution is 1.16. The predicted octanol–water partition coefficient (Wildman–Crippen LogP) is 4.26. The van der Waals surface area contributed by atoms with E-state index in [0.29, 0.717) is 0 Å². The van der Waals surface area contributed by atoms with E-state index in [-0.39, 0.29) is 0 Å². The summed E-state index contributed by atoms with van der Waals surface area (Å²) in [6, 6.07) is 15.9. The van der Waals surface area contributed by atoms with Crippen LogP contribution >= 0.6 is 23.4 Å². The molecule has 2 aromatic rings. The second kappa shape index (κ2) is 5.99. The van der Waals surface area contributed by atoms with Crippen molar-refractivity contribution in [2.24, 2.45) is 0 Å². The molecule has 0 spiro atoms. The summed E-state index contributed by atoms with van der Waals surface area (Å²) in [5.74, 6) is 0.984. The second-order valence-electron chi connectivity index (χ2n) is 3.73. The van der Waals surface area contributed by atoms with Crippen molar-refractivity contribution >= 4 is 29.1 Å². The number of nitrogens with two attached hydrogens (primary N) is 1. The summed E-state index contributed by atoms with van der Waals surface area (Å²) < 4.78 is 0. The van der Waals surface area contributed by atoms with Crippen LogP contribution in [0.4, 0.5) is 5.69 Å². The van der Waals surface area contributed by atoms with Gasteiger partial charge in [-0.2, -0.15) is 0 Å². The molecule has 1 nitrogen and oxygen atoms in total. The molecule has 88 valence electrons. The van der Waals surface area contributed by atoms with Gasteiger partial charge < -0.3 is 5.73 Å². The average molecular weight is 264 g/mol. The van der Waals surface area contributed by atoms with E-state index in [1.54, 1.807) is 11.8 Å². The lowest BCUT2D eigenvalue weighted by Gasteiger charge is -2.06. The predicted molar refractivity (Wildman–Crippen MR) is 76.7 cm³/mol. The maximum Gasteiger partial charge on any atom is 0.0541 e. The molecule has 17 heavy (non-hydrogen) atoms. The zero-order valence-corrected chi connectivity index (χ0v) is 11.0. The number of para-hydroxylation sites is 1. The second-order valence-corrected chi connectivity index (χ2v) is 5.27. The van der Waals surface area contributed by atoms with Crippen molar-refractivity contribution in [2.75, 3.05) is 11.5 Å². The van der Waals surface area contributed by atoms with Gasteiger partial charge in [0.05, 0.1) is 5.02 Å². The highest BCUT2D eigenvalue weighted by Gasteiger charge is 2.01. The van der Waals surface area contributed by atoms with Gasteiger partial charge in [-0.25, -0.2) is 0 Å². The lowest BCUT2D eigenvalue weighted by atomic mass is 10.1. The molecule has 0 unspecified atom stereocenters. The van der Waals surface area contributed by atoms with Gasteiger partial charge in [-0.1, -0.05) is 41.9 Å². The van der Waals surface area contributed by atoms with Crippen molar-refractivity contribution in [3.63, 3.8) is 0 Å². The summed E-state index contributed by atoms with van der Waals surface area (Å²) in [6.45, 7) is 0. The molecular formula is C14H14ClNS. The quantitative estimate of drug-likeness (QED) is 0.659. The minimum absolute atomic E-state index is 0.818. The molecule has 0 aliphatic heterocycles. The fraction of sp³-hybridized carbons (Fsp3) is 0.143. The normalized spacial score (nSPS) is 10.4. The Bertz CT molecular complexity index is 454. The van der Waals surface area contributed by atoms with Gasteiger partial charge in [0, 0.05) is 16.3 Å². The molecule has 0 heterocycles. The van der Waals surface area contributed by atoms with Crippen LogP contribution in [-0.2, 0) is 6.42 Å². The number of anilines is 1. The van der Waals surface area contributed by atoms with Crippen LogP contribution in [0.15, 0.2) is 53.4 Å². The summed E-state index contributed by atoms with van der Waals surface area (Å²) in [6.07, 6.45) is 0.961. The molecule has 2 aromatic carbocycles. The number of hydrogen-bond acceptors (Lipinski definition) is 2. The molecule has 0 saturated heterocycles. The third-order valence-corrected chi connectivity index (χ3v) is 4.04. The van der Waals surface area contributed by atoms with Gasteiger partial charge in [-0.15, -0.1) is 11.8 Å². The Labute approximate surface area is 111 Å². The SMILES string of the molecule is Nc1ccccc1CCSc1ccccc1Cl. The van der Waals surface area contributed by atoms with Gasteiger partial charge >= 0.3 is 0 Å². The fourth-order valence-electron chi connectivity index (χ4n) is 1.59. The topological polar surface area (TPSA) is 26.0 Å². The molecule has 0 radical (unpaired) electrons. The van der Waals surface area contributed by atoms with Crippen molar-refractivity contribution in [3.05, 3.63) is 59.1 Å². The highest BCUT2D eigenvalue weighted by molar-refractivity contribution is 7.99. The van der Waals surface area contributed by atoms with E-state index >= 15 is 0 Å². The molecule has 0 aromatic heterocycles. The minimum atomic E-state index is 0.818. The summed E-state index contributed by atoms with van der Waals surface area (Å²) in [4.78, 5) is 1.13. The van der Waals surface area contributed by atoms with E-state index in [1.165, 1.54) is 5.56 Å². The van der Waals surface area contributed by atoms with Crippen molar-refractivity contribution in [1.29, 1.82) is 0 Å². The number of benzene rings is 2. The van der Waals surface area contributed by atoms with Crippen LogP contribution in [0.3, 0.4) is 0 Å². The molecular weight excluding hydrogens is 250 g/mol. The van der Waals surface area contributed by atoms with E-state index in [9.17, 15) is 0 Å². The molecule has 0 fully saturated rings. The first-order valence-corrected chi connectivity index (χ1v) is 6.84. The maximum atomic E-state index is 6.09. The number of aryl methyl sites for hydroxylation is 1. The van der Waals surface area contributed by atoms with Crippen molar-refractivity contribution < 1.29 is 0 Å². The molecule has 0 bridgehead atoms. The largest absolute Gasteiger partial charge is 0.399 e. The van der Waals surface area contributed by atoms with Crippen molar-refractivity contribution in [2.45, 2.75) is 11.3 Å². The van der Waals surface area contributed by atoms with E-state index < -0.39 is 0 Å². The number of halogens is 1.